The SMILES string of the molecule is O=C(CSc1nnc([C@H]2COc3ccccc3O2)n1-c1ccccc1)c1ccccc1. The van der Waals surface area contributed by atoms with Crippen molar-refractivity contribution in [1.29, 1.82) is 0 Å². The average molecular weight is 430 g/mol. The van der Waals surface area contributed by atoms with Gasteiger partial charge in [-0.15, -0.1) is 10.2 Å². The third-order valence-electron chi connectivity index (χ3n) is 4.90. The largest absolute Gasteiger partial charge is 0.485 e. The van der Waals surface area contributed by atoms with E-state index in [0.717, 1.165) is 5.69 Å². The van der Waals surface area contributed by atoms with E-state index in [1.165, 1.54) is 11.8 Å². The molecule has 1 aliphatic heterocycles. The number of para-hydroxylation sites is 3. The number of hydrogen-bond donors (Lipinski definition) is 0. The number of carbonyl (C=O) groups is 1. The molecule has 1 aromatic heterocycles. The minimum absolute atomic E-state index is 0.0425. The van der Waals surface area contributed by atoms with Crippen LogP contribution in [0.5, 0.6) is 11.5 Å². The minimum atomic E-state index is -0.415. The Balaban J connectivity index is 1.44. The molecular weight excluding hydrogens is 410 g/mol. The van der Waals surface area contributed by atoms with Crippen molar-refractivity contribution >= 4 is 17.5 Å². The van der Waals surface area contributed by atoms with E-state index in [9.17, 15) is 4.79 Å². The van der Waals surface area contributed by atoms with Gasteiger partial charge in [0.25, 0.3) is 0 Å². The van der Waals surface area contributed by atoms with Gasteiger partial charge in [-0.2, -0.15) is 0 Å². The van der Waals surface area contributed by atoms with Crippen LogP contribution in [0.15, 0.2) is 90.1 Å². The van der Waals surface area contributed by atoms with Crippen molar-refractivity contribution in [2.75, 3.05) is 12.4 Å². The van der Waals surface area contributed by atoms with Gasteiger partial charge in [0.15, 0.2) is 34.4 Å². The Morgan fingerprint density at radius 1 is 0.903 bits per heavy atom. The van der Waals surface area contributed by atoms with Crippen LogP contribution in [0.4, 0.5) is 0 Å². The first-order valence-corrected chi connectivity index (χ1v) is 10.9. The van der Waals surface area contributed by atoms with Crippen molar-refractivity contribution in [1.82, 2.24) is 14.8 Å². The van der Waals surface area contributed by atoms with Gasteiger partial charge in [0.05, 0.1) is 5.75 Å². The Labute approximate surface area is 183 Å². The second-order valence-electron chi connectivity index (χ2n) is 6.95. The Kier molecular flexibility index (Phi) is 5.41. The molecule has 1 atom stereocenters. The highest BCUT2D eigenvalue weighted by Gasteiger charge is 2.29. The molecule has 6 nitrogen and oxygen atoms in total. The van der Waals surface area contributed by atoms with Crippen LogP contribution in [0, 0.1) is 0 Å². The van der Waals surface area contributed by atoms with E-state index in [2.05, 4.69) is 10.2 Å². The molecule has 5 rings (SSSR count). The van der Waals surface area contributed by atoms with Gasteiger partial charge in [-0.3, -0.25) is 9.36 Å². The first-order valence-electron chi connectivity index (χ1n) is 9.90. The second kappa shape index (κ2) is 8.65. The number of fused-ring (bicyclic) bond motifs is 1. The molecule has 2 heterocycles. The molecule has 1 aliphatic rings. The predicted octanol–water partition coefficient (Wildman–Crippen LogP) is 4.75. The molecule has 4 aromatic rings. The summed E-state index contributed by atoms with van der Waals surface area (Å²) in [6.07, 6.45) is -0.415. The third-order valence-corrected chi connectivity index (χ3v) is 5.83. The molecule has 0 bridgehead atoms. The van der Waals surface area contributed by atoms with Crippen LogP contribution in [0.1, 0.15) is 22.3 Å². The fraction of sp³-hybridized carbons (Fsp3) is 0.125. The molecule has 0 radical (unpaired) electrons. The van der Waals surface area contributed by atoms with Gasteiger partial charge in [-0.05, 0) is 24.3 Å². The van der Waals surface area contributed by atoms with Crippen molar-refractivity contribution in [2.24, 2.45) is 0 Å². The fourth-order valence-electron chi connectivity index (χ4n) is 3.39. The second-order valence-corrected chi connectivity index (χ2v) is 7.90. The van der Waals surface area contributed by atoms with E-state index in [4.69, 9.17) is 9.47 Å². The lowest BCUT2D eigenvalue weighted by Gasteiger charge is -2.26. The highest BCUT2D eigenvalue weighted by molar-refractivity contribution is 7.99. The van der Waals surface area contributed by atoms with Gasteiger partial charge < -0.3 is 9.47 Å². The molecule has 3 aromatic carbocycles. The standard InChI is InChI=1S/C24H19N3O3S/c28-19(17-9-3-1-4-10-17)16-31-24-26-25-23(27(24)18-11-5-2-6-12-18)22-15-29-20-13-7-8-14-21(20)30-22/h1-14,22H,15-16H2/t22-/m1/s1. The summed E-state index contributed by atoms with van der Waals surface area (Å²) in [7, 11) is 0. The smallest absolute Gasteiger partial charge is 0.196 e. The number of hydrogen-bond acceptors (Lipinski definition) is 6. The molecule has 0 fully saturated rings. The molecule has 0 N–H and O–H groups in total. The summed E-state index contributed by atoms with van der Waals surface area (Å²) in [4.78, 5) is 12.6. The van der Waals surface area contributed by atoms with Gasteiger partial charge in [0.1, 0.15) is 6.61 Å². The van der Waals surface area contributed by atoms with Crippen LogP contribution in [0.3, 0.4) is 0 Å². The molecule has 0 saturated carbocycles. The fourth-order valence-corrected chi connectivity index (χ4v) is 4.24. The Morgan fingerprint density at radius 2 is 1.58 bits per heavy atom. The first-order chi connectivity index (χ1) is 15.3. The number of aromatic nitrogens is 3. The maximum atomic E-state index is 12.6. The van der Waals surface area contributed by atoms with Crippen LogP contribution in [-0.2, 0) is 0 Å². The van der Waals surface area contributed by atoms with Gasteiger partial charge in [0, 0.05) is 11.3 Å². The number of Topliss-reactive ketones (excluding diaryl/α,β-unsaturated/α-hetero) is 1. The Morgan fingerprint density at radius 3 is 2.35 bits per heavy atom. The van der Waals surface area contributed by atoms with Crippen LogP contribution >= 0.6 is 11.8 Å². The first kappa shape index (κ1) is 19.4. The summed E-state index contributed by atoms with van der Waals surface area (Å²) >= 11 is 1.36. The van der Waals surface area contributed by atoms with E-state index in [1.54, 1.807) is 0 Å². The lowest BCUT2D eigenvalue weighted by molar-refractivity contribution is 0.0835. The average Bonchev–Trinajstić information content (AvgIpc) is 3.27. The number of thioether (sulfide) groups is 1. The Bertz CT molecular complexity index is 1200. The van der Waals surface area contributed by atoms with Crippen LogP contribution < -0.4 is 9.47 Å². The van der Waals surface area contributed by atoms with Crippen molar-refractivity contribution in [3.63, 3.8) is 0 Å². The molecule has 0 amide bonds. The highest BCUT2D eigenvalue weighted by atomic mass is 32.2. The minimum Gasteiger partial charge on any atom is -0.485 e. The zero-order chi connectivity index (χ0) is 21.0. The summed E-state index contributed by atoms with van der Waals surface area (Å²) in [6.45, 7) is 0.329. The topological polar surface area (TPSA) is 66.2 Å². The molecule has 7 heteroatoms. The van der Waals surface area contributed by atoms with Crippen molar-refractivity contribution in [3.8, 4) is 17.2 Å². The lowest BCUT2D eigenvalue weighted by Crippen LogP contribution is -2.24. The molecule has 154 valence electrons. The summed E-state index contributed by atoms with van der Waals surface area (Å²) in [5, 5.41) is 9.43. The van der Waals surface area contributed by atoms with E-state index < -0.39 is 6.10 Å². The number of rotatable bonds is 6. The van der Waals surface area contributed by atoms with Crippen LogP contribution in [0.25, 0.3) is 5.69 Å². The maximum Gasteiger partial charge on any atom is 0.196 e. The monoisotopic (exact) mass is 429 g/mol. The highest BCUT2D eigenvalue weighted by Crippen LogP contribution is 2.36. The van der Waals surface area contributed by atoms with Gasteiger partial charge >= 0.3 is 0 Å². The summed E-state index contributed by atoms with van der Waals surface area (Å²) < 4.78 is 14.0. The summed E-state index contributed by atoms with van der Waals surface area (Å²) in [6, 6.07) is 26.7. The predicted molar refractivity (Wildman–Crippen MR) is 118 cm³/mol. The van der Waals surface area contributed by atoms with E-state index >= 15 is 0 Å². The number of benzene rings is 3. The van der Waals surface area contributed by atoms with Crippen LogP contribution in [0.2, 0.25) is 0 Å². The van der Waals surface area contributed by atoms with Gasteiger partial charge in [-0.1, -0.05) is 72.4 Å². The molecule has 0 aliphatic carbocycles. The maximum absolute atomic E-state index is 12.6. The van der Waals surface area contributed by atoms with E-state index in [0.29, 0.717) is 34.7 Å². The number of carbonyl (C=O) groups excluding carboxylic acids is 1. The molecule has 0 unspecified atom stereocenters. The zero-order valence-electron chi connectivity index (χ0n) is 16.5. The Hall–Kier alpha value is -3.58. The summed E-state index contributed by atoms with van der Waals surface area (Å²) in [5.41, 5.74) is 1.58. The van der Waals surface area contributed by atoms with Crippen molar-refractivity contribution in [2.45, 2.75) is 11.3 Å². The molecular formula is C24H19N3O3S. The summed E-state index contributed by atoms with van der Waals surface area (Å²) in [5.74, 6) is 2.33. The van der Waals surface area contributed by atoms with Crippen molar-refractivity contribution < 1.29 is 14.3 Å². The van der Waals surface area contributed by atoms with E-state index in [-0.39, 0.29) is 11.5 Å². The normalized spacial score (nSPS) is 14.9. The molecule has 0 saturated heterocycles. The van der Waals surface area contributed by atoms with Gasteiger partial charge in [-0.25, -0.2) is 0 Å². The molecule has 0 spiro atoms. The van der Waals surface area contributed by atoms with E-state index in [1.807, 2.05) is 89.5 Å². The number of ether oxygens (including phenoxy) is 2. The molecule has 31 heavy (non-hydrogen) atoms. The van der Waals surface area contributed by atoms with Crippen LogP contribution in [-0.4, -0.2) is 32.9 Å². The van der Waals surface area contributed by atoms with Gasteiger partial charge in [0.2, 0.25) is 0 Å². The quantitative estimate of drug-likeness (QED) is 0.325. The number of ketones is 1. The zero-order valence-corrected chi connectivity index (χ0v) is 17.4. The number of nitrogens with zero attached hydrogens (tertiary/aromatic N) is 3. The third kappa shape index (κ3) is 4.04. The van der Waals surface area contributed by atoms with Crippen molar-refractivity contribution in [3.05, 3.63) is 96.3 Å². The lowest BCUT2D eigenvalue weighted by atomic mass is 10.2.